The zero-order valence-corrected chi connectivity index (χ0v) is 16.2. The highest BCUT2D eigenvalue weighted by Gasteiger charge is 2.18. The minimum absolute atomic E-state index is 0.0253. The fourth-order valence-electron chi connectivity index (χ4n) is 2.09. The molecule has 2 rings (SSSR count). The Morgan fingerprint density at radius 3 is 2.83 bits per heavy atom. The molecule has 0 bridgehead atoms. The van der Waals surface area contributed by atoms with Crippen molar-refractivity contribution in [3.63, 3.8) is 0 Å². The number of nitrogens with zero attached hydrogens (tertiary/aromatic N) is 2. The molecule has 1 atom stereocenters. The van der Waals surface area contributed by atoms with Crippen LogP contribution in [0.3, 0.4) is 0 Å². The number of thioether (sulfide) groups is 1. The van der Waals surface area contributed by atoms with Crippen molar-refractivity contribution in [2.75, 3.05) is 17.2 Å². The van der Waals surface area contributed by atoms with E-state index in [4.69, 9.17) is 0 Å². The summed E-state index contributed by atoms with van der Waals surface area (Å²) in [4.78, 5) is 12.4. The zero-order chi connectivity index (χ0) is 17.5. The van der Waals surface area contributed by atoms with Crippen molar-refractivity contribution in [1.29, 1.82) is 0 Å². The van der Waals surface area contributed by atoms with Gasteiger partial charge in [0.05, 0.1) is 5.25 Å². The largest absolute Gasteiger partial charge is 0.360 e. The summed E-state index contributed by atoms with van der Waals surface area (Å²) in [6, 6.07) is 6.01. The number of aromatic nitrogens is 2. The van der Waals surface area contributed by atoms with E-state index in [2.05, 4.69) is 33.8 Å². The standard InChI is InChI=1S/C17H24N4OS2/c1-5-6-9-18-16-20-21-17(24-16)23-13(4)15(22)19-14-8-7-11(2)10-12(14)3/h7-8,10,13H,5-6,9H2,1-4H3,(H,18,20)(H,19,22)/t13-/m0/s1. The van der Waals surface area contributed by atoms with E-state index in [-0.39, 0.29) is 11.2 Å². The molecule has 24 heavy (non-hydrogen) atoms. The molecular formula is C17H24N4OS2. The van der Waals surface area contributed by atoms with Crippen LogP contribution in [0, 0.1) is 13.8 Å². The predicted molar refractivity (Wildman–Crippen MR) is 103 cm³/mol. The van der Waals surface area contributed by atoms with Crippen LogP contribution < -0.4 is 10.6 Å². The van der Waals surface area contributed by atoms with Crippen LogP contribution in [-0.4, -0.2) is 27.9 Å². The smallest absolute Gasteiger partial charge is 0.237 e. The number of amides is 1. The molecule has 0 radical (unpaired) electrons. The summed E-state index contributed by atoms with van der Waals surface area (Å²) in [6.45, 7) is 8.98. The summed E-state index contributed by atoms with van der Waals surface area (Å²) >= 11 is 2.92. The van der Waals surface area contributed by atoms with Crippen LogP contribution in [0.15, 0.2) is 22.5 Å². The zero-order valence-electron chi connectivity index (χ0n) is 14.5. The topological polar surface area (TPSA) is 66.9 Å². The lowest BCUT2D eigenvalue weighted by molar-refractivity contribution is -0.115. The normalized spacial score (nSPS) is 12.0. The number of carbonyl (C=O) groups excluding carboxylic acids is 1. The number of rotatable bonds is 8. The molecule has 0 saturated heterocycles. The minimum atomic E-state index is -0.234. The maximum Gasteiger partial charge on any atom is 0.237 e. The number of aryl methyl sites for hydroxylation is 2. The van der Waals surface area contributed by atoms with E-state index >= 15 is 0 Å². The number of hydrogen-bond acceptors (Lipinski definition) is 6. The summed E-state index contributed by atoms with van der Waals surface area (Å²) in [5, 5.41) is 15.1. The third-order valence-electron chi connectivity index (χ3n) is 3.50. The van der Waals surface area contributed by atoms with Gasteiger partial charge in [-0.2, -0.15) is 0 Å². The molecule has 0 saturated carbocycles. The Kier molecular flexibility index (Phi) is 7.05. The van der Waals surface area contributed by atoms with Crippen LogP contribution in [0.4, 0.5) is 10.8 Å². The van der Waals surface area contributed by atoms with Crippen molar-refractivity contribution in [2.45, 2.75) is 50.1 Å². The molecule has 1 aromatic heterocycles. The van der Waals surface area contributed by atoms with Crippen LogP contribution in [0.25, 0.3) is 0 Å². The number of unbranched alkanes of at least 4 members (excludes halogenated alkanes) is 1. The van der Waals surface area contributed by atoms with E-state index in [0.29, 0.717) is 0 Å². The minimum Gasteiger partial charge on any atom is -0.360 e. The molecule has 0 spiro atoms. The van der Waals surface area contributed by atoms with E-state index in [1.54, 1.807) is 0 Å². The van der Waals surface area contributed by atoms with Crippen LogP contribution in [0.5, 0.6) is 0 Å². The highest BCUT2D eigenvalue weighted by molar-refractivity contribution is 8.02. The molecule has 1 heterocycles. The van der Waals surface area contributed by atoms with Gasteiger partial charge in [0.1, 0.15) is 0 Å². The van der Waals surface area contributed by atoms with Gasteiger partial charge in [0.2, 0.25) is 11.0 Å². The second-order valence-electron chi connectivity index (χ2n) is 5.72. The maximum atomic E-state index is 12.4. The number of nitrogens with one attached hydrogen (secondary N) is 2. The van der Waals surface area contributed by atoms with Crippen LogP contribution in [0.1, 0.15) is 37.8 Å². The van der Waals surface area contributed by atoms with Crippen molar-refractivity contribution in [3.05, 3.63) is 29.3 Å². The SMILES string of the molecule is CCCCNc1nnc(S[C@@H](C)C(=O)Nc2ccc(C)cc2C)s1. The summed E-state index contributed by atoms with van der Waals surface area (Å²) < 4.78 is 0.803. The van der Waals surface area contributed by atoms with Crippen molar-refractivity contribution in [1.82, 2.24) is 10.2 Å². The first-order valence-electron chi connectivity index (χ1n) is 8.11. The van der Waals surface area contributed by atoms with Gasteiger partial charge >= 0.3 is 0 Å². The summed E-state index contributed by atoms with van der Waals surface area (Å²) in [7, 11) is 0. The van der Waals surface area contributed by atoms with E-state index in [1.165, 1.54) is 28.7 Å². The molecule has 1 amide bonds. The van der Waals surface area contributed by atoms with E-state index < -0.39 is 0 Å². The second kappa shape index (κ2) is 9.03. The van der Waals surface area contributed by atoms with E-state index in [1.807, 2.05) is 32.9 Å². The number of carbonyl (C=O) groups is 1. The molecule has 0 aliphatic rings. The van der Waals surface area contributed by atoms with Crippen molar-refractivity contribution in [3.8, 4) is 0 Å². The lowest BCUT2D eigenvalue weighted by atomic mass is 10.1. The highest BCUT2D eigenvalue weighted by atomic mass is 32.2. The van der Waals surface area contributed by atoms with Gasteiger partial charge in [0, 0.05) is 12.2 Å². The Labute approximate surface area is 151 Å². The van der Waals surface area contributed by atoms with E-state index in [9.17, 15) is 4.79 Å². The Bertz CT molecular complexity index is 687. The third-order valence-corrected chi connectivity index (χ3v) is 5.56. The lowest BCUT2D eigenvalue weighted by Crippen LogP contribution is -2.22. The first kappa shape index (κ1) is 18.7. The van der Waals surface area contributed by atoms with Gasteiger partial charge in [-0.05, 0) is 38.8 Å². The Balaban J connectivity index is 1.89. The molecule has 0 aliphatic carbocycles. The average Bonchev–Trinajstić information content (AvgIpc) is 2.97. The van der Waals surface area contributed by atoms with Crippen molar-refractivity contribution >= 4 is 39.8 Å². The number of anilines is 2. The molecule has 0 fully saturated rings. The summed E-state index contributed by atoms with van der Waals surface area (Å²) in [5.74, 6) is -0.0253. The van der Waals surface area contributed by atoms with Gasteiger partial charge in [0.15, 0.2) is 4.34 Å². The first-order chi connectivity index (χ1) is 11.5. The number of hydrogen-bond donors (Lipinski definition) is 2. The Hall–Kier alpha value is -1.60. The van der Waals surface area contributed by atoms with Gasteiger partial charge in [0.25, 0.3) is 0 Å². The maximum absolute atomic E-state index is 12.4. The van der Waals surface area contributed by atoms with Gasteiger partial charge < -0.3 is 10.6 Å². The first-order valence-corrected chi connectivity index (χ1v) is 9.81. The molecule has 5 nitrogen and oxygen atoms in total. The van der Waals surface area contributed by atoms with Crippen LogP contribution >= 0.6 is 23.1 Å². The Morgan fingerprint density at radius 2 is 2.12 bits per heavy atom. The van der Waals surface area contributed by atoms with Gasteiger partial charge in [-0.25, -0.2) is 0 Å². The molecule has 7 heteroatoms. The van der Waals surface area contributed by atoms with Gasteiger partial charge in [-0.15, -0.1) is 10.2 Å². The van der Waals surface area contributed by atoms with Crippen LogP contribution in [0.2, 0.25) is 0 Å². The predicted octanol–water partition coefficient (Wildman–Crippen LogP) is 4.49. The highest BCUT2D eigenvalue weighted by Crippen LogP contribution is 2.29. The molecule has 0 unspecified atom stereocenters. The Morgan fingerprint density at radius 1 is 1.33 bits per heavy atom. The quantitative estimate of drug-likeness (QED) is 0.534. The second-order valence-corrected chi connectivity index (χ2v) is 8.29. The van der Waals surface area contributed by atoms with Crippen LogP contribution in [-0.2, 0) is 4.79 Å². The van der Waals surface area contributed by atoms with E-state index in [0.717, 1.165) is 40.1 Å². The molecular weight excluding hydrogens is 340 g/mol. The molecule has 2 N–H and O–H groups in total. The van der Waals surface area contributed by atoms with Gasteiger partial charge in [-0.1, -0.05) is 54.1 Å². The molecule has 130 valence electrons. The summed E-state index contributed by atoms with van der Waals surface area (Å²) in [5.41, 5.74) is 3.11. The van der Waals surface area contributed by atoms with Crippen molar-refractivity contribution in [2.24, 2.45) is 0 Å². The average molecular weight is 365 g/mol. The van der Waals surface area contributed by atoms with Crippen molar-refractivity contribution < 1.29 is 4.79 Å². The molecule has 1 aromatic carbocycles. The monoisotopic (exact) mass is 364 g/mol. The molecule has 0 aliphatic heterocycles. The van der Waals surface area contributed by atoms with Gasteiger partial charge in [-0.3, -0.25) is 4.79 Å². The molecule has 2 aromatic rings. The third kappa shape index (κ3) is 5.49. The fourth-order valence-corrected chi connectivity index (χ4v) is 4.02. The number of benzene rings is 1. The lowest BCUT2D eigenvalue weighted by Gasteiger charge is -2.12. The summed E-state index contributed by atoms with van der Waals surface area (Å²) in [6.07, 6.45) is 2.25. The fraction of sp³-hybridized carbons (Fsp3) is 0.471.